The molecule has 1 aliphatic carbocycles. The Balaban J connectivity index is 1.55. The van der Waals surface area contributed by atoms with Crippen LogP contribution < -0.4 is 10.6 Å². The number of aliphatic hydroxyl groups excluding tert-OH is 4. The molecule has 1 aliphatic heterocycles. The maximum atomic E-state index is 12.8. The lowest BCUT2D eigenvalue weighted by Crippen LogP contribution is -2.50. The Bertz CT molecular complexity index is 863. The molecule has 1 saturated carbocycles. The minimum Gasteiger partial charge on any atom is -0.394 e. The third-order valence-corrected chi connectivity index (χ3v) is 8.54. The van der Waals surface area contributed by atoms with E-state index in [-0.39, 0.29) is 36.5 Å². The largest absolute Gasteiger partial charge is 0.394 e. The number of rotatable bonds is 23. The predicted molar refractivity (Wildman–Crippen MR) is 167 cm³/mol. The first-order valence-corrected chi connectivity index (χ1v) is 16.8. The molecule has 45 heavy (non-hydrogen) atoms. The first kappa shape index (κ1) is 39.3. The molecule has 1 heterocycles. The van der Waals surface area contributed by atoms with Crippen LogP contribution in [0.4, 0.5) is 0 Å². The van der Waals surface area contributed by atoms with Crippen LogP contribution in [0.5, 0.6) is 0 Å². The van der Waals surface area contributed by atoms with Gasteiger partial charge in [-0.1, -0.05) is 19.8 Å². The summed E-state index contributed by atoms with van der Waals surface area (Å²) in [4.78, 5) is 38.3. The van der Waals surface area contributed by atoms with E-state index in [2.05, 4.69) is 17.6 Å². The minimum atomic E-state index is -1.06. The molecular weight excluding hydrogens is 586 g/mol. The highest BCUT2D eigenvalue weighted by molar-refractivity contribution is 5.77. The summed E-state index contributed by atoms with van der Waals surface area (Å²) >= 11 is 0. The lowest BCUT2D eigenvalue weighted by atomic mass is 10.1. The molecule has 2 aliphatic rings. The highest BCUT2D eigenvalue weighted by atomic mass is 16.7. The van der Waals surface area contributed by atoms with E-state index in [1.807, 2.05) is 0 Å². The van der Waals surface area contributed by atoms with Crippen LogP contribution in [0.3, 0.4) is 0 Å². The van der Waals surface area contributed by atoms with Gasteiger partial charge in [-0.3, -0.25) is 14.4 Å². The number of ether oxygens (including phenoxy) is 3. The van der Waals surface area contributed by atoms with Gasteiger partial charge in [0, 0.05) is 39.5 Å². The summed E-state index contributed by atoms with van der Waals surface area (Å²) in [5, 5.41) is 44.5. The van der Waals surface area contributed by atoms with Crippen LogP contribution in [0, 0.1) is 5.92 Å². The number of likely N-dealkylation sites (tertiary alicyclic amines) is 1. The molecule has 2 fully saturated rings. The zero-order chi connectivity index (χ0) is 33.2. The van der Waals surface area contributed by atoms with Crippen LogP contribution in [-0.2, 0) is 28.6 Å². The fourth-order valence-electron chi connectivity index (χ4n) is 5.90. The molecule has 262 valence electrons. The Morgan fingerprint density at radius 1 is 0.978 bits per heavy atom. The summed E-state index contributed by atoms with van der Waals surface area (Å²) in [5.41, 5.74) is 0. The van der Waals surface area contributed by atoms with Gasteiger partial charge in [0.15, 0.2) is 6.29 Å². The predicted octanol–water partition coefficient (Wildman–Crippen LogP) is 0.988. The summed E-state index contributed by atoms with van der Waals surface area (Å²) in [7, 11) is 0. The fourth-order valence-corrected chi connectivity index (χ4v) is 5.90. The Labute approximate surface area is 268 Å². The molecule has 2 rings (SSSR count). The topological polar surface area (TPSA) is 187 Å². The van der Waals surface area contributed by atoms with Crippen molar-refractivity contribution in [1.29, 1.82) is 0 Å². The molecule has 13 nitrogen and oxygen atoms in total. The van der Waals surface area contributed by atoms with Gasteiger partial charge in [-0.15, -0.1) is 0 Å². The van der Waals surface area contributed by atoms with Gasteiger partial charge in [0.25, 0.3) is 0 Å². The third kappa shape index (κ3) is 15.5. The number of amides is 3. The van der Waals surface area contributed by atoms with Gasteiger partial charge in [0.2, 0.25) is 17.7 Å². The maximum Gasteiger partial charge on any atom is 0.222 e. The van der Waals surface area contributed by atoms with Crippen molar-refractivity contribution < 1.29 is 49.0 Å². The van der Waals surface area contributed by atoms with E-state index in [9.17, 15) is 34.8 Å². The molecule has 4 unspecified atom stereocenters. The van der Waals surface area contributed by atoms with Crippen molar-refractivity contribution in [3.63, 3.8) is 0 Å². The van der Waals surface area contributed by atoms with Gasteiger partial charge < -0.3 is 50.2 Å². The summed E-state index contributed by atoms with van der Waals surface area (Å²) in [6.07, 6.45) is 5.79. The number of aliphatic hydroxyl groups is 4. The number of unbranched alkanes of at least 4 members (excludes halogenated alkanes) is 4. The minimum absolute atomic E-state index is 0.0347. The number of hydrogen-bond donors (Lipinski definition) is 6. The smallest absolute Gasteiger partial charge is 0.222 e. The zero-order valence-electron chi connectivity index (χ0n) is 27.5. The molecule has 0 aromatic carbocycles. The summed E-state index contributed by atoms with van der Waals surface area (Å²) in [6.45, 7) is 5.75. The van der Waals surface area contributed by atoms with Gasteiger partial charge in [0.05, 0.1) is 44.2 Å². The van der Waals surface area contributed by atoms with Gasteiger partial charge >= 0.3 is 0 Å². The van der Waals surface area contributed by atoms with Crippen molar-refractivity contribution in [2.24, 2.45) is 5.92 Å². The third-order valence-electron chi connectivity index (χ3n) is 8.54. The zero-order valence-corrected chi connectivity index (χ0v) is 27.5. The van der Waals surface area contributed by atoms with Crippen LogP contribution >= 0.6 is 0 Å². The normalized spacial score (nSPS) is 24.3. The SMILES string of the molecule is CC(=O)N[C@@H](CO)C(OCCCCCC(=O)NCCCCCC(=O)N1C[C@H](O)C[C@H]1COC1CCC(C)C1)OC(CO)[C@@H](C)O. The lowest BCUT2D eigenvalue weighted by molar-refractivity contribution is -0.214. The average molecular weight is 646 g/mol. The summed E-state index contributed by atoms with van der Waals surface area (Å²) in [5.74, 6) is 0.332. The molecule has 6 N–H and O–H groups in total. The first-order valence-electron chi connectivity index (χ1n) is 16.8. The van der Waals surface area contributed by atoms with E-state index in [4.69, 9.17) is 14.2 Å². The number of nitrogens with zero attached hydrogens (tertiary/aromatic N) is 1. The van der Waals surface area contributed by atoms with E-state index < -0.39 is 43.9 Å². The van der Waals surface area contributed by atoms with E-state index >= 15 is 0 Å². The number of carbonyl (C=O) groups excluding carboxylic acids is 3. The van der Waals surface area contributed by atoms with Crippen LogP contribution in [0.15, 0.2) is 0 Å². The second-order valence-corrected chi connectivity index (χ2v) is 12.8. The van der Waals surface area contributed by atoms with Gasteiger partial charge in [-0.25, -0.2) is 0 Å². The standard InChI is InChI=1S/C32H59N3O10/c1-22-12-13-27(16-22)44-21-25-17-26(40)18-35(25)31(42)11-7-4-8-14-33-30(41)10-6-5-9-15-43-32(28(19-36)34-24(3)39)45-29(20-37)23(2)38/h22-23,25-29,32,36-38,40H,4-21H2,1-3H3,(H,33,41)(H,34,39)/t22?,23-,25+,26-,27?,28+,29?,32?/m1/s1. The Morgan fingerprint density at radius 3 is 2.36 bits per heavy atom. The highest BCUT2D eigenvalue weighted by Crippen LogP contribution is 2.28. The molecule has 0 spiro atoms. The Kier molecular flexibility index (Phi) is 19.1. The van der Waals surface area contributed by atoms with Gasteiger partial charge in [-0.05, 0) is 64.2 Å². The highest BCUT2D eigenvalue weighted by Gasteiger charge is 2.35. The number of hydrogen-bond acceptors (Lipinski definition) is 10. The second kappa shape index (κ2) is 21.8. The van der Waals surface area contributed by atoms with Crippen LogP contribution in [0.2, 0.25) is 0 Å². The molecule has 3 amide bonds. The van der Waals surface area contributed by atoms with E-state index in [0.29, 0.717) is 64.1 Å². The van der Waals surface area contributed by atoms with Crippen LogP contribution in [-0.4, -0.2) is 125 Å². The van der Waals surface area contributed by atoms with E-state index in [0.717, 1.165) is 32.1 Å². The second-order valence-electron chi connectivity index (χ2n) is 12.8. The number of nitrogens with one attached hydrogen (secondary N) is 2. The number of β-amino-alcohol motifs (C(OH)–C–C–N with tert-alkyl or cyclic N) is 1. The molecule has 0 bridgehead atoms. The van der Waals surface area contributed by atoms with Gasteiger partial charge in [0.1, 0.15) is 12.1 Å². The molecule has 1 saturated heterocycles. The van der Waals surface area contributed by atoms with Crippen molar-refractivity contribution >= 4 is 17.7 Å². The Morgan fingerprint density at radius 2 is 1.71 bits per heavy atom. The average Bonchev–Trinajstić information content (AvgIpc) is 3.59. The molecule has 0 aromatic heterocycles. The van der Waals surface area contributed by atoms with Crippen LogP contribution in [0.1, 0.15) is 97.8 Å². The maximum absolute atomic E-state index is 12.8. The monoisotopic (exact) mass is 645 g/mol. The van der Waals surface area contributed by atoms with Crippen molar-refractivity contribution in [1.82, 2.24) is 15.5 Å². The van der Waals surface area contributed by atoms with Crippen molar-refractivity contribution in [3.05, 3.63) is 0 Å². The van der Waals surface area contributed by atoms with E-state index in [1.54, 1.807) is 4.90 Å². The summed E-state index contributed by atoms with van der Waals surface area (Å²) < 4.78 is 17.4. The molecule has 13 heteroatoms. The molecule has 0 radical (unpaired) electrons. The van der Waals surface area contributed by atoms with Crippen molar-refractivity contribution in [2.45, 2.75) is 141 Å². The molecular formula is C32H59N3O10. The molecule has 8 atom stereocenters. The van der Waals surface area contributed by atoms with Crippen molar-refractivity contribution in [3.8, 4) is 0 Å². The van der Waals surface area contributed by atoms with E-state index in [1.165, 1.54) is 20.3 Å². The summed E-state index contributed by atoms with van der Waals surface area (Å²) in [6, 6.07) is -0.923. The number of carbonyl (C=O) groups is 3. The van der Waals surface area contributed by atoms with Gasteiger partial charge in [-0.2, -0.15) is 0 Å². The lowest BCUT2D eigenvalue weighted by Gasteiger charge is -2.30. The molecule has 0 aromatic rings. The quantitative estimate of drug-likeness (QED) is 0.0691. The first-order chi connectivity index (χ1) is 21.5. The van der Waals surface area contributed by atoms with Crippen LogP contribution in [0.25, 0.3) is 0 Å². The Hall–Kier alpha value is -1.87. The van der Waals surface area contributed by atoms with Crippen molar-refractivity contribution in [2.75, 3.05) is 39.5 Å². The fraction of sp³-hybridized carbons (Fsp3) is 0.906.